The third-order valence-electron chi connectivity index (χ3n) is 3.79. The molecule has 4 heteroatoms. The van der Waals surface area contributed by atoms with Crippen LogP contribution in [0.25, 0.3) is 0 Å². The van der Waals surface area contributed by atoms with Crippen LogP contribution in [0.15, 0.2) is 0 Å². The van der Waals surface area contributed by atoms with E-state index in [1.165, 1.54) is 6.42 Å². The van der Waals surface area contributed by atoms with Gasteiger partial charge in [-0.2, -0.15) is 0 Å². The molecule has 1 aliphatic rings. The van der Waals surface area contributed by atoms with Gasteiger partial charge in [-0.25, -0.2) is 0 Å². The van der Waals surface area contributed by atoms with E-state index in [1.807, 2.05) is 6.92 Å². The van der Waals surface area contributed by atoms with Crippen molar-refractivity contribution in [2.45, 2.75) is 52.0 Å². The molecule has 1 unspecified atom stereocenters. The number of nitrogens with zero attached hydrogens (tertiary/aromatic N) is 1. The van der Waals surface area contributed by atoms with Gasteiger partial charge in [0, 0.05) is 12.5 Å². The van der Waals surface area contributed by atoms with E-state index in [0.717, 1.165) is 25.7 Å². The van der Waals surface area contributed by atoms with Crippen molar-refractivity contribution in [2.24, 2.45) is 11.1 Å². The number of nitrogens with two attached hydrogens (primary N) is 1. The van der Waals surface area contributed by atoms with Gasteiger partial charge in [0.15, 0.2) is 0 Å². The molecule has 3 nitrogen and oxygen atoms in total. The molecule has 0 aromatic heterocycles. The lowest BCUT2D eigenvalue weighted by molar-refractivity contribution is -0.142. The highest BCUT2D eigenvalue weighted by Crippen LogP contribution is 2.37. The van der Waals surface area contributed by atoms with Gasteiger partial charge in [-0.15, -0.1) is 0 Å². The van der Waals surface area contributed by atoms with Crippen molar-refractivity contribution in [1.29, 1.82) is 0 Å². The molecule has 1 aliphatic carbocycles. The maximum atomic E-state index is 12.4. The Bertz CT molecular complexity index is 285. The average Bonchev–Trinajstić information content (AvgIpc) is 2.27. The number of hydrogen-bond acceptors (Lipinski definition) is 2. The first-order chi connectivity index (χ1) is 7.38. The molecule has 1 fully saturated rings. The van der Waals surface area contributed by atoms with Crippen LogP contribution in [0.3, 0.4) is 0 Å². The molecule has 0 saturated heterocycles. The summed E-state index contributed by atoms with van der Waals surface area (Å²) in [6.45, 7) is 3.95. The molecule has 0 spiro atoms. The quantitative estimate of drug-likeness (QED) is 0.771. The molecule has 1 amide bonds. The SMILES string of the molecule is CC(C(N)=S)N(C)C(=O)C1(C)CCCCC1. The van der Waals surface area contributed by atoms with E-state index in [1.54, 1.807) is 11.9 Å². The van der Waals surface area contributed by atoms with Gasteiger partial charge in [0.1, 0.15) is 0 Å². The zero-order valence-electron chi connectivity index (χ0n) is 10.5. The summed E-state index contributed by atoms with van der Waals surface area (Å²) in [4.78, 5) is 14.5. The zero-order chi connectivity index (χ0) is 12.3. The number of carbonyl (C=O) groups excluding carboxylic acids is 1. The summed E-state index contributed by atoms with van der Waals surface area (Å²) < 4.78 is 0. The van der Waals surface area contributed by atoms with Crippen molar-refractivity contribution in [2.75, 3.05) is 7.05 Å². The molecule has 1 rings (SSSR count). The maximum absolute atomic E-state index is 12.4. The highest BCUT2D eigenvalue weighted by atomic mass is 32.1. The van der Waals surface area contributed by atoms with Crippen molar-refractivity contribution < 1.29 is 4.79 Å². The Kier molecular flexibility index (Phi) is 4.30. The van der Waals surface area contributed by atoms with Gasteiger partial charge < -0.3 is 10.6 Å². The van der Waals surface area contributed by atoms with Crippen molar-refractivity contribution in [3.63, 3.8) is 0 Å². The second kappa shape index (κ2) is 5.13. The maximum Gasteiger partial charge on any atom is 0.228 e. The molecular weight excluding hydrogens is 220 g/mol. The Morgan fingerprint density at radius 2 is 1.88 bits per heavy atom. The van der Waals surface area contributed by atoms with Crippen LogP contribution < -0.4 is 5.73 Å². The number of rotatable bonds is 3. The molecule has 0 heterocycles. The van der Waals surface area contributed by atoms with Crippen molar-refractivity contribution in [1.82, 2.24) is 4.90 Å². The lowest BCUT2D eigenvalue weighted by Crippen LogP contribution is -2.49. The summed E-state index contributed by atoms with van der Waals surface area (Å²) in [5.74, 6) is 0.188. The second-order valence-corrected chi connectivity index (χ2v) is 5.59. The normalized spacial score (nSPS) is 21.2. The number of amides is 1. The largest absolute Gasteiger partial charge is 0.392 e. The Morgan fingerprint density at radius 1 is 1.38 bits per heavy atom. The molecule has 0 aliphatic heterocycles. The van der Waals surface area contributed by atoms with Crippen molar-refractivity contribution in [3.8, 4) is 0 Å². The predicted molar refractivity (Wildman–Crippen MR) is 70.2 cm³/mol. The number of thiocarbonyl (C=S) groups is 1. The molecule has 1 saturated carbocycles. The fourth-order valence-corrected chi connectivity index (χ4v) is 2.50. The monoisotopic (exact) mass is 242 g/mol. The predicted octanol–water partition coefficient (Wildman–Crippen LogP) is 2.09. The van der Waals surface area contributed by atoms with E-state index in [0.29, 0.717) is 4.99 Å². The third-order valence-corrected chi connectivity index (χ3v) is 4.13. The lowest BCUT2D eigenvalue weighted by Gasteiger charge is -2.37. The number of likely N-dealkylation sites (N-methyl/N-ethyl adjacent to an activating group) is 1. The fraction of sp³-hybridized carbons (Fsp3) is 0.833. The molecule has 0 bridgehead atoms. The minimum Gasteiger partial charge on any atom is -0.392 e. The number of hydrogen-bond donors (Lipinski definition) is 1. The minimum absolute atomic E-state index is 0.152. The summed E-state index contributed by atoms with van der Waals surface area (Å²) in [6, 6.07) is -0.152. The second-order valence-electron chi connectivity index (χ2n) is 5.12. The van der Waals surface area contributed by atoms with Crippen LogP contribution in [0.2, 0.25) is 0 Å². The molecular formula is C12H22N2OS. The third kappa shape index (κ3) is 2.73. The summed E-state index contributed by atoms with van der Waals surface area (Å²) in [5.41, 5.74) is 5.38. The van der Waals surface area contributed by atoms with Crippen LogP contribution in [0.5, 0.6) is 0 Å². The molecule has 0 aromatic carbocycles. The van der Waals surface area contributed by atoms with Gasteiger partial charge in [-0.05, 0) is 19.8 Å². The molecule has 2 N–H and O–H groups in total. The van der Waals surface area contributed by atoms with Crippen LogP contribution in [0.4, 0.5) is 0 Å². The van der Waals surface area contributed by atoms with Crippen LogP contribution in [-0.2, 0) is 4.79 Å². The zero-order valence-corrected chi connectivity index (χ0v) is 11.3. The van der Waals surface area contributed by atoms with Gasteiger partial charge in [0.25, 0.3) is 0 Å². The average molecular weight is 242 g/mol. The molecule has 92 valence electrons. The highest BCUT2D eigenvalue weighted by molar-refractivity contribution is 7.80. The molecule has 1 atom stereocenters. The van der Waals surface area contributed by atoms with Crippen molar-refractivity contribution >= 4 is 23.1 Å². The lowest BCUT2D eigenvalue weighted by atomic mass is 9.74. The highest BCUT2D eigenvalue weighted by Gasteiger charge is 2.37. The summed E-state index contributed by atoms with van der Waals surface area (Å²) in [7, 11) is 1.80. The Hall–Kier alpha value is -0.640. The van der Waals surface area contributed by atoms with E-state index in [2.05, 4.69) is 6.92 Å². The van der Waals surface area contributed by atoms with Crippen LogP contribution in [-0.4, -0.2) is 28.9 Å². The van der Waals surface area contributed by atoms with Crippen LogP contribution in [0.1, 0.15) is 46.0 Å². The Balaban J connectivity index is 2.72. The first-order valence-corrected chi connectivity index (χ1v) is 6.36. The van der Waals surface area contributed by atoms with Gasteiger partial charge in [-0.1, -0.05) is 38.4 Å². The van der Waals surface area contributed by atoms with Gasteiger partial charge in [0.05, 0.1) is 11.0 Å². The topological polar surface area (TPSA) is 46.3 Å². The number of carbonyl (C=O) groups is 1. The van der Waals surface area contributed by atoms with Gasteiger partial charge in [-0.3, -0.25) is 4.79 Å². The summed E-state index contributed by atoms with van der Waals surface area (Å²) >= 11 is 4.94. The molecule has 0 aromatic rings. The summed E-state index contributed by atoms with van der Waals surface area (Å²) in [5, 5.41) is 0. The first-order valence-electron chi connectivity index (χ1n) is 5.95. The van der Waals surface area contributed by atoms with E-state index in [4.69, 9.17) is 18.0 Å². The molecule has 16 heavy (non-hydrogen) atoms. The van der Waals surface area contributed by atoms with Crippen LogP contribution in [0, 0.1) is 5.41 Å². The van der Waals surface area contributed by atoms with E-state index in [9.17, 15) is 4.79 Å². The van der Waals surface area contributed by atoms with E-state index >= 15 is 0 Å². The minimum atomic E-state index is -0.202. The smallest absolute Gasteiger partial charge is 0.228 e. The summed E-state index contributed by atoms with van der Waals surface area (Å²) in [6.07, 6.45) is 5.52. The van der Waals surface area contributed by atoms with Crippen molar-refractivity contribution in [3.05, 3.63) is 0 Å². The first kappa shape index (κ1) is 13.4. The standard InChI is InChI=1S/C12H22N2OS/c1-9(10(13)16)14(3)11(15)12(2)7-5-4-6-8-12/h9H,4-8H2,1-3H3,(H2,13,16). The molecule has 0 radical (unpaired) electrons. The van der Waals surface area contributed by atoms with Crippen LogP contribution >= 0.6 is 12.2 Å². The Morgan fingerprint density at radius 3 is 2.31 bits per heavy atom. The van der Waals surface area contributed by atoms with E-state index < -0.39 is 0 Å². The Labute approximate surface area is 103 Å². The van der Waals surface area contributed by atoms with E-state index in [-0.39, 0.29) is 17.4 Å². The van der Waals surface area contributed by atoms with Gasteiger partial charge >= 0.3 is 0 Å². The fourth-order valence-electron chi connectivity index (χ4n) is 2.34. The van der Waals surface area contributed by atoms with Gasteiger partial charge in [0.2, 0.25) is 5.91 Å².